The van der Waals surface area contributed by atoms with Crippen molar-refractivity contribution in [2.45, 2.75) is 25.9 Å². The first kappa shape index (κ1) is 13.4. The van der Waals surface area contributed by atoms with E-state index in [1.54, 1.807) is 23.0 Å². The summed E-state index contributed by atoms with van der Waals surface area (Å²) in [6.45, 7) is 2.74. The van der Waals surface area contributed by atoms with Crippen molar-refractivity contribution in [3.05, 3.63) is 42.7 Å². The zero-order valence-electron chi connectivity index (χ0n) is 11.7. The molecule has 0 bridgehead atoms. The van der Waals surface area contributed by atoms with Crippen molar-refractivity contribution in [3.8, 4) is 0 Å². The van der Waals surface area contributed by atoms with Crippen LogP contribution in [0.3, 0.4) is 0 Å². The maximum Gasteiger partial charge on any atom is 0.256 e. The summed E-state index contributed by atoms with van der Waals surface area (Å²) in [5.74, 6) is -0.415. The smallest absolute Gasteiger partial charge is 0.256 e. The van der Waals surface area contributed by atoms with E-state index in [0.29, 0.717) is 5.69 Å². The van der Waals surface area contributed by atoms with Crippen molar-refractivity contribution in [1.29, 1.82) is 0 Å². The first-order chi connectivity index (χ1) is 10.2. The number of hydrogen-bond donors (Lipinski definition) is 1. The maximum atomic E-state index is 12.4. The second kappa shape index (κ2) is 5.40. The number of benzene rings is 1. The highest BCUT2D eigenvalue weighted by atomic mass is 16.2. The lowest BCUT2D eigenvalue weighted by Gasteiger charge is -2.15. The average molecular weight is 284 g/mol. The molecule has 1 aliphatic heterocycles. The molecule has 21 heavy (non-hydrogen) atoms. The van der Waals surface area contributed by atoms with Crippen LogP contribution in [0.5, 0.6) is 0 Å². The number of anilines is 2. The van der Waals surface area contributed by atoms with Crippen LogP contribution in [0, 0.1) is 0 Å². The Kier molecular flexibility index (Phi) is 3.43. The molecule has 1 unspecified atom stereocenters. The Balaban J connectivity index is 1.77. The SMILES string of the molecule is CCn1cc(NC2CC(=O)N(c3ccccc3)C2=O)cn1. The number of hydrogen-bond acceptors (Lipinski definition) is 4. The summed E-state index contributed by atoms with van der Waals surface area (Å²) in [5.41, 5.74) is 1.36. The largest absolute Gasteiger partial charge is 0.371 e. The van der Waals surface area contributed by atoms with E-state index in [2.05, 4.69) is 10.4 Å². The van der Waals surface area contributed by atoms with Gasteiger partial charge in [0.15, 0.2) is 0 Å². The lowest BCUT2D eigenvalue weighted by atomic mass is 10.2. The molecule has 108 valence electrons. The predicted octanol–water partition coefficient (Wildman–Crippen LogP) is 1.65. The van der Waals surface area contributed by atoms with Crippen molar-refractivity contribution in [3.63, 3.8) is 0 Å². The molecular weight excluding hydrogens is 268 g/mol. The number of imide groups is 1. The zero-order valence-corrected chi connectivity index (χ0v) is 11.7. The van der Waals surface area contributed by atoms with Gasteiger partial charge in [0.25, 0.3) is 5.91 Å². The second-order valence-corrected chi connectivity index (χ2v) is 4.89. The van der Waals surface area contributed by atoms with Crippen LogP contribution in [-0.4, -0.2) is 27.6 Å². The third kappa shape index (κ3) is 2.52. The van der Waals surface area contributed by atoms with Crippen LogP contribution in [0.4, 0.5) is 11.4 Å². The van der Waals surface area contributed by atoms with Crippen molar-refractivity contribution in [2.24, 2.45) is 0 Å². The molecule has 1 aliphatic rings. The topological polar surface area (TPSA) is 67.2 Å². The lowest BCUT2D eigenvalue weighted by Crippen LogP contribution is -2.34. The Morgan fingerprint density at radius 3 is 2.71 bits per heavy atom. The van der Waals surface area contributed by atoms with Gasteiger partial charge in [0.2, 0.25) is 5.91 Å². The summed E-state index contributed by atoms with van der Waals surface area (Å²) >= 11 is 0. The quantitative estimate of drug-likeness (QED) is 0.867. The summed E-state index contributed by atoms with van der Waals surface area (Å²) in [6, 6.07) is 8.45. The van der Waals surface area contributed by atoms with Gasteiger partial charge in [-0.25, -0.2) is 4.90 Å². The first-order valence-electron chi connectivity index (χ1n) is 6.90. The Hall–Kier alpha value is -2.63. The zero-order chi connectivity index (χ0) is 14.8. The minimum atomic E-state index is -0.535. The van der Waals surface area contributed by atoms with Crippen LogP contribution in [-0.2, 0) is 16.1 Å². The van der Waals surface area contributed by atoms with E-state index in [-0.39, 0.29) is 18.2 Å². The molecule has 0 spiro atoms. The molecule has 2 heterocycles. The van der Waals surface area contributed by atoms with E-state index in [0.717, 1.165) is 12.2 Å². The number of rotatable bonds is 4. The normalized spacial score (nSPS) is 18.3. The van der Waals surface area contributed by atoms with E-state index in [9.17, 15) is 9.59 Å². The highest BCUT2D eigenvalue weighted by Gasteiger charge is 2.39. The lowest BCUT2D eigenvalue weighted by molar-refractivity contribution is -0.121. The van der Waals surface area contributed by atoms with E-state index < -0.39 is 6.04 Å². The van der Waals surface area contributed by atoms with E-state index in [1.165, 1.54) is 4.90 Å². The third-order valence-electron chi connectivity index (χ3n) is 3.46. The molecule has 2 aromatic rings. The first-order valence-corrected chi connectivity index (χ1v) is 6.90. The fourth-order valence-electron chi connectivity index (χ4n) is 2.41. The Morgan fingerprint density at radius 2 is 2.05 bits per heavy atom. The minimum Gasteiger partial charge on any atom is -0.371 e. The molecule has 1 fully saturated rings. The third-order valence-corrected chi connectivity index (χ3v) is 3.46. The Morgan fingerprint density at radius 1 is 1.29 bits per heavy atom. The minimum absolute atomic E-state index is 0.158. The predicted molar refractivity (Wildman–Crippen MR) is 78.9 cm³/mol. The van der Waals surface area contributed by atoms with Gasteiger partial charge >= 0.3 is 0 Å². The average Bonchev–Trinajstić information content (AvgIpc) is 3.05. The fourth-order valence-corrected chi connectivity index (χ4v) is 2.41. The summed E-state index contributed by atoms with van der Waals surface area (Å²) in [4.78, 5) is 25.7. The molecule has 1 atom stereocenters. The number of carbonyl (C=O) groups excluding carboxylic acids is 2. The molecular formula is C15H16N4O2. The number of aryl methyl sites for hydroxylation is 1. The molecule has 6 nitrogen and oxygen atoms in total. The van der Waals surface area contributed by atoms with Gasteiger partial charge in [-0.05, 0) is 19.1 Å². The van der Waals surface area contributed by atoms with Gasteiger partial charge in [-0.3, -0.25) is 14.3 Å². The maximum absolute atomic E-state index is 12.4. The van der Waals surface area contributed by atoms with E-state index in [1.807, 2.05) is 31.3 Å². The van der Waals surface area contributed by atoms with Gasteiger partial charge in [-0.1, -0.05) is 18.2 Å². The van der Waals surface area contributed by atoms with Crippen molar-refractivity contribution >= 4 is 23.2 Å². The van der Waals surface area contributed by atoms with Crippen LogP contribution < -0.4 is 10.2 Å². The molecule has 1 aromatic heterocycles. The number of aromatic nitrogens is 2. The summed E-state index contributed by atoms with van der Waals surface area (Å²) in [7, 11) is 0. The standard InChI is InChI=1S/C15H16N4O2/c1-2-18-10-11(9-16-18)17-13-8-14(20)19(15(13)21)12-6-4-3-5-7-12/h3-7,9-10,13,17H,2,8H2,1H3. The number of carbonyl (C=O) groups is 2. The molecule has 0 aliphatic carbocycles. The highest BCUT2D eigenvalue weighted by molar-refractivity contribution is 6.23. The van der Waals surface area contributed by atoms with Gasteiger partial charge in [0.1, 0.15) is 6.04 Å². The second-order valence-electron chi connectivity index (χ2n) is 4.89. The van der Waals surface area contributed by atoms with Crippen LogP contribution in [0.2, 0.25) is 0 Å². The fraction of sp³-hybridized carbons (Fsp3) is 0.267. The number of amides is 2. The molecule has 2 amide bonds. The van der Waals surface area contributed by atoms with Crippen molar-refractivity contribution < 1.29 is 9.59 Å². The molecule has 6 heteroatoms. The van der Waals surface area contributed by atoms with Gasteiger partial charge in [-0.2, -0.15) is 5.10 Å². The Labute approximate surface area is 122 Å². The van der Waals surface area contributed by atoms with E-state index in [4.69, 9.17) is 0 Å². The summed E-state index contributed by atoms with van der Waals surface area (Å²) < 4.78 is 1.76. The van der Waals surface area contributed by atoms with Crippen LogP contribution in [0.1, 0.15) is 13.3 Å². The number of nitrogens with one attached hydrogen (secondary N) is 1. The van der Waals surface area contributed by atoms with Crippen molar-refractivity contribution in [1.82, 2.24) is 9.78 Å². The molecule has 0 radical (unpaired) electrons. The molecule has 3 rings (SSSR count). The van der Waals surface area contributed by atoms with Gasteiger partial charge < -0.3 is 5.32 Å². The molecule has 0 saturated carbocycles. The number of nitrogens with zero attached hydrogens (tertiary/aromatic N) is 3. The van der Waals surface area contributed by atoms with Crippen LogP contribution >= 0.6 is 0 Å². The van der Waals surface area contributed by atoms with Crippen LogP contribution in [0.15, 0.2) is 42.7 Å². The number of para-hydroxylation sites is 1. The highest BCUT2D eigenvalue weighted by Crippen LogP contribution is 2.24. The summed E-state index contributed by atoms with van der Waals surface area (Å²) in [6.07, 6.45) is 3.64. The van der Waals surface area contributed by atoms with Gasteiger partial charge in [-0.15, -0.1) is 0 Å². The van der Waals surface area contributed by atoms with Gasteiger partial charge in [0, 0.05) is 12.7 Å². The molecule has 1 saturated heterocycles. The van der Waals surface area contributed by atoms with Crippen molar-refractivity contribution in [2.75, 3.05) is 10.2 Å². The molecule has 1 aromatic carbocycles. The van der Waals surface area contributed by atoms with Gasteiger partial charge in [0.05, 0.1) is 24.0 Å². The Bertz CT molecular complexity index is 665. The van der Waals surface area contributed by atoms with E-state index >= 15 is 0 Å². The molecule has 1 N–H and O–H groups in total. The summed E-state index contributed by atoms with van der Waals surface area (Å²) in [5, 5.41) is 7.22. The van der Waals surface area contributed by atoms with Crippen LogP contribution in [0.25, 0.3) is 0 Å². The monoisotopic (exact) mass is 284 g/mol.